The second kappa shape index (κ2) is 9.34. The molecular formula is C24H18Cl2N2O4. The van der Waals surface area contributed by atoms with Crippen LogP contribution in [-0.2, 0) is 16.2 Å². The van der Waals surface area contributed by atoms with Gasteiger partial charge in [-0.05, 0) is 42.0 Å². The fourth-order valence-corrected chi connectivity index (χ4v) is 3.55. The number of rotatable bonds is 6. The number of halogens is 2. The minimum Gasteiger partial charge on any atom is -0.493 e. The number of hydrogen-bond acceptors (Lipinski definition) is 4. The topological polar surface area (TPSA) is 67.9 Å². The first-order valence-electron chi connectivity index (χ1n) is 9.63. The van der Waals surface area contributed by atoms with Gasteiger partial charge >= 0.3 is 0 Å². The van der Waals surface area contributed by atoms with Gasteiger partial charge in [-0.3, -0.25) is 15.0 Å². The molecule has 6 nitrogen and oxygen atoms in total. The maximum absolute atomic E-state index is 12.9. The Bertz CT molecular complexity index is 1190. The summed E-state index contributed by atoms with van der Waals surface area (Å²) in [4.78, 5) is 25.5. The van der Waals surface area contributed by atoms with Gasteiger partial charge in [0, 0.05) is 21.7 Å². The highest BCUT2D eigenvalue weighted by Crippen LogP contribution is 2.37. The zero-order valence-corrected chi connectivity index (χ0v) is 18.5. The molecule has 1 saturated heterocycles. The molecule has 1 heterocycles. The van der Waals surface area contributed by atoms with E-state index in [2.05, 4.69) is 5.43 Å². The molecule has 1 N–H and O–H groups in total. The van der Waals surface area contributed by atoms with Gasteiger partial charge in [0.15, 0.2) is 11.5 Å². The van der Waals surface area contributed by atoms with Crippen molar-refractivity contribution in [2.45, 2.75) is 6.61 Å². The Balaban J connectivity index is 1.68. The van der Waals surface area contributed by atoms with Gasteiger partial charge in [-0.25, -0.2) is 5.01 Å². The lowest BCUT2D eigenvalue weighted by Gasteiger charge is -2.15. The van der Waals surface area contributed by atoms with Crippen LogP contribution in [0.3, 0.4) is 0 Å². The van der Waals surface area contributed by atoms with E-state index in [9.17, 15) is 9.59 Å². The highest BCUT2D eigenvalue weighted by atomic mass is 35.5. The molecule has 0 bridgehead atoms. The third-order valence-electron chi connectivity index (χ3n) is 4.77. The fraction of sp³-hybridized carbons (Fsp3) is 0.0833. The van der Waals surface area contributed by atoms with Crippen molar-refractivity contribution in [3.8, 4) is 11.5 Å². The number of ether oxygens (including phenoxy) is 2. The van der Waals surface area contributed by atoms with Crippen LogP contribution in [0.4, 0.5) is 5.69 Å². The Labute approximate surface area is 194 Å². The molecule has 0 atom stereocenters. The van der Waals surface area contributed by atoms with E-state index in [4.69, 9.17) is 32.7 Å². The van der Waals surface area contributed by atoms with Crippen LogP contribution in [0.25, 0.3) is 6.08 Å². The number of nitrogens with zero attached hydrogens (tertiary/aromatic N) is 1. The number of benzene rings is 3. The molecule has 0 radical (unpaired) electrons. The van der Waals surface area contributed by atoms with Crippen molar-refractivity contribution in [1.29, 1.82) is 0 Å². The predicted molar refractivity (Wildman–Crippen MR) is 124 cm³/mol. The zero-order chi connectivity index (χ0) is 22.7. The molecule has 3 aromatic carbocycles. The summed E-state index contributed by atoms with van der Waals surface area (Å²) in [6, 6.07) is 19.3. The summed E-state index contributed by atoms with van der Waals surface area (Å²) in [5.41, 5.74) is 4.41. The Kier molecular flexibility index (Phi) is 6.35. The molecule has 1 aliphatic rings. The maximum atomic E-state index is 12.9. The van der Waals surface area contributed by atoms with Crippen molar-refractivity contribution in [3.63, 3.8) is 0 Å². The molecule has 162 valence electrons. The lowest BCUT2D eigenvalue weighted by molar-refractivity contribution is -0.117. The van der Waals surface area contributed by atoms with E-state index in [-0.39, 0.29) is 12.2 Å². The molecule has 1 aliphatic heterocycles. The number of hydrogen-bond donors (Lipinski definition) is 1. The Morgan fingerprint density at radius 1 is 0.969 bits per heavy atom. The second-order valence-electron chi connectivity index (χ2n) is 6.92. The Morgan fingerprint density at radius 3 is 2.38 bits per heavy atom. The van der Waals surface area contributed by atoms with Crippen molar-refractivity contribution in [2.75, 3.05) is 12.1 Å². The number of carbonyl (C=O) groups is 2. The summed E-state index contributed by atoms with van der Waals surface area (Å²) < 4.78 is 11.4. The lowest BCUT2D eigenvalue weighted by atomic mass is 10.1. The number of methoxy groups -OCH3 is 1. The first-order chi connectivity index (χ1) is 15.5. The number of carbonyl (C=O) groups excluding carboxylic acids is 2. The van der Waals surface area contributed by atoms with Crippen LogP contribution < -0.4 is 19.9 Å². The van der Waals surface area contributed by atoms with E-state index in [0.717, 1.165) is 5.56 Å². The summed E-state index contributed by atoms with van der Waals surface area (Å²) in [5, 5.41) is 2.19. The molecule has 0 aliphatic carbocycles. The van der Waals surface area contributed by atoms with Crippen molar-refractivity contribution in [1.82, 2.24) is 5.43 Å². The fourth-order valence-electron chi connectivity index (χ4n) is 3.21. The van der Waals surface area contributed by atoms with Crippen LogP contribution in [0.2, 0.25) is 10.0 Å². The minimum absolute atomic E-state index is 0.0467. The lowest BCUT2D eigenvalue weighted by Crippen LogP contribution is -2.35. The summed E-state index contributed by atoms with van der Waals surface area (Å²) in [5.74, 6) is -0.271. The van der Waals surface area contributed by atoms with E-state index < -0.39 is 11.8 Å². The maximum Gasteiger partial charge on any atom is 0.282 e. The molecule has 2 amide bonds. The van der Waals surface area contributed by atoms with E-state index in [1.54, 1.807) is 48.5 Å². The van der Waals surface area contributed by atoms with Crippen molar-refractivity contribution in [2.24, 2.45) is 0 Å². The minimum atomic E-state index is -0.526. The summed E-state index contributed by atoms with van der Waals surface area (Å²) in [6.07, 6.45) is 1.45. The highest BCUT2D eigenvalue weighted by molar-refractivity contribution is 6.33. The molecule has 1 fully saturated rings. The smallest absolute Gasteiger partial charge is 0.282 e. The van der Waals surface area contributed by atoms with Gasteiger partial charge in [0.1, 0.15) is 12.2 Å². The number of amides is 2. The number of nitrogens with one attached hydrogen (secondary N) is 1. The standard InChI is InChI=1S/C24H18Cl2N2O4/c1-31-21-13-18(26)11-16(22(21)32-14-15-7-9-17(25)10-8-15)12-20-23(29)27-28(24(20)30)19-5-3-2-4-6-19/h2-13H,14H2,1H3,(H,27,29)/b20-12+. The molecule has 4 rings (SSSR count). The van der Waals surface area contributed by atoms with Gasteiger partial charge in [0.2, 0.25) is 0 Å². The van der Waals surface area contributed by atoms with Crippen LogP contribution in [0.1, 0.15) is 11.1 Å². The van der Waals surface area contributed by atoms with Crippen LogP contribution in [0.15, 0.2) is 72.3 Å². The van der Waals surface area contributed by atoms with Gasteiger partial charge in [-0.15, -0.1) is 0 Å². The first kappa shape index (κ1) is 21.7. The average Bonchev–Trinajstić information content (AvgIpc) is 3.08. The van der Waals surface area contributed by atoms with Crippen molar-refractivity contribution in [3.05, 3.63) is 93.5 Å². The SMILES string of the molecule is COc1cc(Cl)cc(/C=C2\C(=O)NN(c3ccccc3)C2=O)c1OCc1ccc(Cl)cc1. The summed E-state index contributed by atoms with van der Waals surface area (Å²) in [6.45, 7) is 0.224. The monoisotopic (exact) mass is 468 g/mol. The van der Waals surface area contributed by atoms with Crippen molar-refractivity contribution >= 4 is 46.8 Å². The van der Waals surface area contributed by atoms with E-state index >= 15 is 0 Å². The van der Waals surface area contributed by atoms with Crippen molar-refractivity contribution < 1.29 is 19.1 Å². The highest BCUT2D eigenvalue weighted by Gasteiger charge is 2.34. The van der Waals surface area contributed by atoms with E-state index in [0.29, 0.717) is 32.8 Å². The molecule has 3 aromatic rings. The quantitative estimate of drug-likeness (QED) is 0.406. The molecule has 0 unspecified atom stereocenters. The average molecular weight is 469 g/mol. The number of anilines is 1. The molecular weight excluding hydrogens is 451 g/mol. The van der Waals surface area contributed by atoms with Crippen LogP contribution in [0, 0.1) is 0 Å². The second-order valence-corrected chi connectivity index (χ2v) is 7.79. The third kappa shape index (κ3) is 4.56. The van der Waals surface area contributed by atoms with Gasteiger partial charge in [-0.1, -0.05) is 53.5 Å². The van der Waals surface area contributed by atoms with Crippen LogP contribution in [-0.4, -0.2) is 18.9 Å². The van der Waals surface area contributed by atoms with E-state index in [1.165, 1.54) is 18.2 Å². The Morgan fingerprint density at radius 2 is 1.69 bits per heavy atom. The molecule has 0 aromatic heterocycles. The number of para-hydroxylation sites is 1. The third-order valence-corrected chi connectivity index (χ3v) is 5.24. The molecule has 8 heteroatoms. The largest absolute Gasteiger partial charge is 0.493 e. The van der Waals surface area contributed by atoms with Crippen LogP contribution in [0.5, 0.6) is 11.5 Å². The van der Waals surface area contributed by atoms with Gasteiger partial charge in [0.05, 0.1) is 12.8 Å². The zero-order valence-electron chi connectivity index (χ0n) is 17.0. The van der Waals surface area contributed by atoms with Gasteiger partial charge < -0.3 is 9.47 Å². The molecule has 0 spiro atoms. The predicted octanol–water partition coefficient (Wildman–Crippen LogP) is 5.04. The molecule has 0 saturated carbocycles. The normalized spacial score (nSPS) is 14.6. The van der Waals surface area contributed by atoms with Gasteiger partial charge in [-0.2, -0.15) is 0 Å². The van der Waals surface area contributed by atoms with Crippen LogP contribution >= 0.6 is 23.2 Å². The summed E-state index contributed by atoms with van der Waals surface area (Å²) in [7, 11) is 1.49. The summed E-state index contributed by atoms with van der Waals surface area (Å²) >= 11 is 12.2. The molecule has 32 heavy (non-hydrogen) atoms. The first-order valence-corrected chi connectivity index (χ1v) is 10.4. The Hall–Kier alpha value is -3.48. The van der Waals surface area contributed by atoms with Gasteiger partial charge in [0.25, 0.3) is 11.8 Å². The van der Waals surface area contributed by atoms with E-state index in [1.807, 2.05) is 18.2 Å². The number of hydrazine groups is 1.